The van der Waals surface area contributed by atoms with Gasteiger partial charge >= 0.3 is 0 Å². The fourth-order valence-electron chi connectivity index (χ4n) is 1.14. The number of rotatable bonds is 4. The summed E-state index contributed by atoms with van der Waals surface area (Å²) in [6, 6.07) is 8.56. The van der Waals surface area contributed by atoms with Crippen LogP contribution in [0.4, 0.5) is 5.69 Å². The van der Waals surface area contributed by atoms with Crippen LogP contribution in [0.2, 0.25) is 0 Å². The highest BCUT2D eigenvalue weighted by atomic mass is 16.2. The molecule has 16 heavy (non-hydrogen) atoms. The van der Waals surface area contributed by atoms with E-state index in [0.29, 0.717) is 11.3 Å². The number of carbonyl (C=O) groups is 2. The third-order valence-corrected chi connectivity index (χ3v) is 2.00. The van der Waals surface area contributed by atoms with E-state index < -0.39 is 0 Å². The summed E-state index contributed by atoms with van der Waals surface area (Å²) in [5.41, 5.74) is 1.18. The summed E-state index contributed by atoms with van der Waals surface area (Å²) in [6.45, 7) is 1.45. The molecule has 0 saturated heterocycles. The highest BCUT2D eigenvalue weighted by Crippen LogP contribution is 2.09. The molecule has 1 amide bonds. The lowest BCUT2D eigenvalue weighted by atomic mass is 10.2. The van der Waals surface area contributed by atoms with Gasteiger partial charge in [0.05, 0.1) is 11.6 Å². The van der Waals surface area contributed by atoms with Gasteiger partial charge in [0.15, 0.2) is 0 Å². The Balaban J connectivity index is 2.50. The van der Waals surface area contributed by atoms with E-state index in [4.69, 9.17) is 5.26 Å². The van der Waals surface area contributed by atoms with Gasteiger partial charge in [0, 0.05) is 18.5 Å². The monoisotopic (exact) mass is 216 g/mol. The van der Waals surface area contributed by atoms with E-state index >= 15 is 0 Å². The Morgan fingerprint density at radius 1 is 1.25 bits per heavy atom. The molecule has 0 aliphatic heterocycles. The Morgan fingerprint density at radius 2 is 1.88 bits per heavy atom. The molecule has 0 aromatic heterocycles. The second-order valence-corrected chi connectivity index (χ2v) is 3.44. The Morgan fingerprint density at radius 3 is 2.38 bits per heavy atom. The van der Waals surface area contributed by atoms with Crippen LogP contribution < -0.4 is 5.32 Å². The van der Waals surface area contributed by atoms with Gasteiger partial charge in [-0.1, -0.05) is 0 Å². The smallest absolute Gasteiger partial charge is 0.224 e. The van der Waals surface area contributed by atoms with E-state index in [1.807, 2.05) is 6.07 Å². The molecule has 0 aliphatic carbocycles. The lowest BCUT2D eigenvalue weighted by molar-refractivity contribution is -0.121. The zero-order valence-electron chi connectivity index (χ0n) is 8.99. The molecule has 1 N–H and O–H groups in total. The fourth-order valence-corrected chi connectivity index (χ4v) is 1.14. The van der Waals surface area contributed by atoms with Crippen molar-refractivity contribution in [3.63, 3.8) is 0 Å². The van der Waals surface area contributed by atoms with Crippen LogP contribution in [0, 0.1) is 11.3 Å². The molecule has 82 valence electrons. The molecule has 4 heteroatoms. The molecule has 0 spiro atoms. The number of nitrogens with one attached hydrogen (secondary N) is 1. The molecule has 4 nitrogen and oxygen atoms in total. The SMILES string of the molecule is CC(=O)CCC(=O)Nc1ccc(C#N)cc1. The summed E-state index contributed by atoms with van der Waals surface area (Å²) in [7, 11) is 0. The number of carbonyl (C=O) groups excluding carboxylic acids is 2. The lowest BCUT2D eigenvalue weighted by Crippen LogP contribution is -2.12. The Hall–Kier alpha value is -2.15. The van der Waals surface area contributed by atoms with E-state index in [9.17, 15) is 9.59 Å². The van der Waals surface area contributed by atoms with Gasteiger partial charge in [0.1, 0.15) is 5.78 Å². The lowest BCUT2D eigenvalue weighted by Gasteiger charge is -2.03. The van der Waals surface area contributed by atoms with E-state index in [0.717, 1.165) is 0 Å². The van der Waals surface area contributed by atoms with Crippen LogP contribution in [0.5, 0.6) is 0 Å². The van der Waals surface area contributed by atoms with Crippen LogP contribution >= 0.6 is 0 Å². The highest BCUT2D eigenvalue weighted by Gasteiger charge is 2.03. The van der Waals surface area contributed by atoms with Gasteiger partial charge in [-0.2, -0.15) is 5.26 Å². The van der Waals surface area contributed by atoms with Crippen molar-refractivity contribution in [3.8, 4) is 6.07 Å². The maximum atomic E-state index is 11.3. The number of anilines is 1. The van der Waals surface area contributed by atoms with Gasteiger partial charge in [-0.15, -0.1) is 0 Å². The predicted molar refractivity (Wildman–Crippen MR) is 59.7 cm³/mol. The van der Waals surface area contributed by atoms with Crippen molar-refractivity contribution < 1.29 is 9.59 Å². The molecule has 0 radical (unpaired) electrons. The number of amides is 1. The first-order chi connectivity index (χ1) is 7.61. The van der Waals surface area contributed by atoms with E-state index in [-0.39, 0.29) is 24.5 Å². The molecule has 0 fully saturated rings. The normalized spacial score (nSPS) is 9.25. The third kappa shape index (κ3) is 3.93. The van der Waals surface area contributed by atoms with Gasteiger partial charge in [-0.25, -0.2) is 0 Å². The van der Waals surface area contributed by atoms with Crippen LogP contribution in [0.25, 0.3) is 0 Å². The van der Waals surface area contributed by atoms with Crippen LogP contribution in [0.3, 0.4) is 0 Å². The molecule has 0 atom stereocenters. The van der Waals surface area contributed by atoms with Crippen LogP contribution in [-0.4, -0.2) is 11.7 Å². The minimum Gasteiger partial charge on any atom is -0.326 e. The molecule has 1 aromatic rings. The number of hydrogen-bond donors (Lipinski definition) is 1. The molecule has 0 bridgehead atoms. The number of nitriles is 1. The van der Waals surface area contributed by atoms with Crippen LogP contribution in [0.15, 0.2) is 24.3 Å². The van der Waals surface area contributed by atoms with Gasteiger partial charge in [0.25, 0.3) is 0 Å². The second kappa shape index (κ2) is 5.66. The van der Waals surface area contributed by atoms with Gasteiger partial charge < -0.3 is 10.1 Å². The van der Waals surface area contributed by atoms with Gasteiger partial charge in [-0.05, 0) is 31.2 Å². The molecule has 0 unspecified atom stereocenters. The summed E-state index contributed by atoms with van der Waals surface area (Å²) in [4.78, 5) is 22.0. The number of Topliss-reactive ketones (excluding diaryl/α,β-unsaturated/α-hetero) is 1. The first-order valence-electron chi connectivity index (χ1n) is 4.91. The number of benzene rings is 1. The summed E-state index contributed by atoms with van der Waals surface area (Å²) in [5.74, 6) is -0.199. The van der Waals surface area contributed by atoms with Gasteiger partial charge in [0.2, 0.25) is 5.91 Å². The van der Waals surface area contributed by atoms with Crippen LogP contribution in [0.1, 0.15) is 25.3 Å². The minimum absolute atomic E-state index is 0.00465. The maximum absolute atomic E-state index is 11.3. The summed E-state index contributed by atoms with van der Waals surface area (Å²) in [6.07, 6.45) is 0.442. The van der Waals surface area contributed by atoms with Crippen molar-refractivity contribution in [1.82, 2.24) is 0 Å². The minimum atomic E-state index is -0.195. The second-order valence-electron chi connectivity index (χ2n) is 3.44. The number of hydrogen-bond acceptors (Lipinski definition) is 3. The average Bonchev–Trinajstić information content (AvgIpc) is 2.27. The van der Waals surface area contributed by atoms with E-state index in [1.165, 1.54) is 6.92 Å². The van der Waals surface area contributed by atoms with Crippen molar-refractivity contribution in [2.75, 3.05) is 5.32 Å². The Kier molecular flexibility index (Phi) is 4.22. The Bertz CT molecular complexity index is 429. The number of nitrogens with zero attached hydrogens (tertiary/aromatic N) is 1. The van der Waals surface area contributed by atoms with Gasteiger partial charge in [-0.3, -0.25) is 4.79 Å². The fraction of sp³-hybridized carbons (Fsp3) is 0.250. The summed E-state index contributed by atoms with van der Waals surface area (Å²) >= 11 is 0. The third-order valence-electron chi connectivity index (χ3n) is 2.00. The maximum Gasteiger partial charge on any atom is 0.224 e. The van der Waals surface area contributed by atoms with Crippen molar-refractivity contribution in [2.24, 2.45) is 0 Å². The predicted octanol–water partition coefficient (Wildman–Crippen LogP) is 1.87. The Labute approximate surface area is 93.9 Å². The standard InChI is InChI=1S/C12H12N2O2/c1-9(15)2-7-12(16)14-11-5-3-10(8-13)4-6-11/h3-6H,2,7H2,1H3,(H,14,16). The topological polar surface area (TPSA) is 70.0 Å². The molecule has 1 aromatic carbocycles. The number of ketones is 1. The van der Waals surface area contributed by atoms with Crippen molar-refractivity contribution in [2.45, 2.75) is 19.8 Å². The first kappa shape index (κ1) is 11.9. The zero-order chi connectivity index (χ0) is 12.0. The van der Waals surface area contributed by atoms with Crippen LogP contribution in [-0.2, 0) is 9.59 Å². The van der Waals surface area contributed by atoms with E-state index in [1.54, 1.807) is 24.3 Å². The molecule has 1 rings (SSSR count). The molecule has 0 saturated carbocycles. The molecule has 0 aliphatic rings. The average molecular weight is 216 g/mol. The highest BCUT2D eigenvalue weighted by molar-refractivity contribution is 5.93. The van der Waals surface area contributed by atoms with Crippen molar-refractivity contribution in [1.29, 1.82) is 5.26 Å². The zero-order valence-corrected chi connectivity index (χ0v) is 8.99. The molecule has 0 heterocycles. The summed E-state index contributed by atoms with van der Waals surface area (Å²) in [5, 5.41) is 11.2. The first-order valence-corrected chi connectivity index (χ1v) is 4.91. The summed E-state index contributed by atoms with van der Waals surface area (Å²) < 4.78 is 0. The van der Waals surface area contributed by atoms with Crippen molar-refractivity contribution in [3.05, 3.63) is 29.8 Å². The molecular formula is C12H12N2O2. The quantitative estimate of drug-likeness (QED) is 0.835. The van der Waals surface area contributed by atoms with E-state index in [2.05, 4.69) is 5.32 Å². The largest absolute Gasteiger partial charge is 0.326 e. The van der Waals surface area contributed by atoms with Crippen molar-refractivity contribution >= 4 is 17.4 Å². The molecular weight excluding hydrogens is 204 g/mol.